The molecule has 0 saturated carbocycles. The van der Waals surface area contributed by atoms with Gasteiger partial charge in [0.25, 0.3) is 0 Å². The fourth-order valence-electron chi connectivity index (χ4n) is 1.88. The second-order valence-corrected chi connectivity index (χ2v) is 4.53. The Morgan fingerprint density at radius 2 is 2.22 bits per heavy atom. The molecule has 18 heavy (non-hydrogen) atoms. The molecule has 0 aliphatic carbocycles. The molecule has 1 aromatic carbocycles. The van der Waals surface area contributed by atoms with Gasteiger partial charge in [-0.2, -0.15) is 8.75 Å². The van der Waals surface area contributed by atoms with Gasteiger partial charge in [0, 0.05) is 7.05 Å². The fraction of sp³-hybridized carbons (Fsp3) is 0.167. The molecule has 0 amide bonds. The number of hydrogen-bond donors (Lipinski definition) is 0. The minimum atomic E-state index is -0.0536. The Balaban J connectivity index is 1.96. The highest BCUT2D eigenvalue weighted by Crippen LogP contribution is 2.15. The van der Waals surface area contributed by atoms with Crippen LogP contribution in [0.25, 0.3) is 11.0 Å². The molecule has 0 spiro atoms. The average Bonchev–Trinajstić information content (AvgIpc) is 3.00. The Morgan fingerprint density at radius 3 is 2.94 bits per heavy atom. The summed E-state index contributed by atoms with van der Waals surface area (Å²) in [5, 5.41) is 0. The highest BCUT2D eigenvalue weighted by molar-refractivity contribution is 6.99. The van der Waals surface area contributed by atoms with Crippen LogP contribution < -0.4 is 0 Å². The van der Waals surface area contributed by atoms with Crippen molar-refractivity contribution >= 4 is 28.5 Å². The van der Waals surface area contributed by atoms with Gasteiger partial charge in [-0.1, -0.05) is 12.1 Å². The normalized spacial score (nSPS) is 10.9. The molecule has 0 fully saturated rings. The van der Waals surface area contributed by atoms with Crippen LogP contribution in [0.5, 0.6) is 0 Å². The van der Waals surface area contributed by atoms with E-state index in [4.69, 9.17) is 0 Å². The van der Waals surface area contributed by atoms with Gasteiger partial charge in [-0.25, -0.2) is 4.98 Å². The van der Waals surface area contributed by atoms with Gasteiger partial charge in [0.1, 0.15) is 11.5 Å². The molecule has 3 rings (SSSR count). The topological polar surface area (TPSA) is 60.7 Å². The summed E-state index contributed by atoms with van der Waals surface area (Å²) in [5.74, 6) is 0.691. The Kier molecular flexibility index (Phi) is 2.64. The van der Waals surface area contributed by atoms with Crippen LogP contribution in [0.2, 0.25) is 0 Å². The van der Waals surface area contributed by atoms with Gasteiger partial charge in [0.2, 0.25) is 0 Å². The van der Waals surface area contributed by atoms with Gasteiger partial charge in [0.15, 0.2) is 5.78 Å². The van der Waals surface area contributed by atoms with E-state index in [0.29, 0.717) is 5.69 Å². The van der Waals surface area contributed by atoms with E-state index < -0.39 is 0 Å². The summed E-state index contributed by atoms with van der Waals surface area (Å²) in [5.41, 5.74) is 2.34. The van der Waals surface area contributed by atoms with Crippen molar-refractivity contribution in [2.45, 2.75) is 6.42 Å². The van der Waals surface area contributed by atoms with Crippen molar-refractivity contribution in [2.75, 3.05) is 0 Å². The lowest BCUT2D eigenvalue weighted by Crippen LogP contribution is -2.08. The van der Waals surface area contributed by atoms with Crippen molar-refractivity contribution in [3.8, 4) is 0 Å². The SMILES string of the molecule is Cn1c(CC(=O)c2cnsn2)nc2ccccc21. The molecule has 2 heterocycles. The van der Waals surface area contributed by atoms with Crippen LogP contribution >= 0.6 is 11.7 Å². The monoisotopic (exact) mass is 258 g/mol. The third-order valence-electron chi connectivity index (χ3n) is 2.85. The van der Waals surface area contributed by atoms with Crippen LogP contribution in [-0.2, 0) is 13.5 Å². The number of ketones is 1. The minimum Gasteiger partial charge on any atom is -0.331 e. The molecule has 6 heteroatoms. The number of carbonyl (C=O) groups excluding carboxylic acids is 1. The molecular weight excluding hydrogens is 248 g/mol. The van der Waals surface area contributed by atoms with Gasteiger partial charge in [-0.05, 0) is 12.1 Å². The molecule has 0 atom stereocenters. The van der Waals surface area contributed by atoms with Crippen LogP contribution in [0.15, 0.2) is 30.5 Å². The predicted octanol–water partition coefficient (Wildman–Crippen LogP) is 1.85. The van der Waals surface area contributed by atoms with Crippen molar-refractivity contribution in [3.05, 3.63) is 42.0 Å². The van der Waals surface area contributed by atoms with Crippen molar-refractivity contribution < 1.29 is 4.79 Å². The Labute approximate surface area is 107 Å². The van der Waals surface area contributed by atoms with E-state index in [1.807, 2.05) is 35.9 Å². The number of benzene rings is 1. The second-order valence-electron chi connectivity index (χ2n) is 3.97. The van der Waals surface area contributed by atoms with E-state index in [-0.39, 0.29) is 12.2 Å². The number of imidazole rings is 1. The first-order chi connectivity index (χ1) is 8.75. The van der Waals surface area contributed by atoms with Crippen molar-refractivity contribution in [2.24, 2.45) is 7.05 Å². The molecule has 0 saturated heterocycles. The molecule has 5 nitrogen and oxygen atoms in total. The Bertz CT molecular complexity index is 702. The summed E-state index contributed by atoms with van der Waals surface area (Å²) >= 11 is 1.04. The summed E-state index contributed by atoms with van der Waals surface area (Å²) in [6.45, 7) is 0. The first-order valence-electron chi connectivity index (χ1n) is 5.47. The molecular formula is C12H10N4OS. The van der Waals surface area contributed by atoms with Crippen molar-refractivity contribution in [3.63, 3.8) is 0 Å². The van der Waals surface area contributed by atoms with Crippen LogP contribution in [0, 0.1) is 0 Å². The molecule has 0 bridgehead atoms. The van der Waals surface area contributed by atoms with Gasteiger partial charge in [0.05, 0.1) is 35.4 Å². The zero-order valence-electron chi connectivity index (χ0n) is 9.70. The molecule has 0 N–H and O–H groups in total. The molecule has 0 radical (unpaired) electrons. The molecule has 0 unspecified atom stereocenters. The molecule has 3 aromatic rings. The first-order valence-corrected chi connectivity index (χ1v) is 6.20. The molecule has 90 valence electrons. The third-order valence-corrected chi connectivity index (χ3v) is 3.32. The van der Waals surface area contributed by atoms with E-state index in [2.05, 4.69) is 13.7 Å². The Morgan fingerprint density at radius 1 is 1.39 bits per heavy atom. The lowest BCUT2D eigenvalue weighted by atomic mass is 10.2. The zero-order valence-corrected chi connectivity index (χ0v) is 10.5. The number of Topliss-reactive ketones (excluding diaryl/α,β-unsaturated/α-hetero) is 1. The predicted molar refractivity (Wildman–Crippen MR) is 68.7 cm³/mol. The lowest BCUT2D eigenvalue weighted by molar-refractivity contribution is 0.0986. The zero-order chi connectivity index (χ0) is 12.5. The number of fused-ring (bicyclic) bond motifs is 1. The quantitative estimate of drug-likeness (QED) is 0.673. The average molecular weight is 258 g/mol. The molecule has 2 aromatic heterocycles. The van der Waals surface area contributed by atoms with E-state index in [9.17, 15) is 4.79 Å². The number of hydrogen-bond acceptors (Lipinski definition) is 5. The smallest absolute Gasteiger partial charge is 0.191 e. The van der Waals surface area contributed by atoms with Crippen molar-refractivity contribution in [1.29, 1.82) is 0 Å². The highest BCUT2D eigenvalue weighted by Gasteiger charge is 2.14. The van der Waals surface area contributed by atoms with E-state index in [1.165, 1.54) is 6.20 Å². The van der Waals surface area contributed by atoms with Crippen molar-refractivity contribution in [1.82, 2.24) is 18.3 Å². The van der Waals surface area contributed by atoms with Gasteiger partial charge in [-0.15, -0.1) is 0 Å². The van der Waals surface area contributed by atoms with E-state index in [1.54, 1.807) is 0 Å². The first kappa shape index (κ1) is 11.0. The van der Waals surface area contributed by atoms with Gasteiger partial charge in [-0.3, -0.25) is 4.79 Å². The maximum absolute atomic E-state index is 12.0. The summed E-state index contributed by atoms with van der Waals surface area (Å²) in [6.07, 6.45) is 1.74. The fourth-order valence-corrected chi connectivity index (χ4v) is 2.31. The van der Waals surface area contributed by atoms with E-state index >= 15 is 0 Å². The summed E-state index contributed by atoms with van der Waals surface area (Å²) in [6, 6.07) is 7.82. The number of carbonyl (C=O) groups is 1. The summed E-state index contributed by atoms with van der Waals surface area (Å²) < 4.78 is 9.71. The maximum Gasteiger partial charge on any atom is 0.191 e. The molecule has 0 aliphatic heterocycles. The standard InChI is InChI=1S/C12H10N4OS/c1-16-10-5-3-2-4-8(10)14-12(16)6-11(17)9-7-13-18-15-9/h2-5,7H,6H2,1H3. The van der Waals surface area contributed by atoms with Crippen LogP contribution in [0.1, 0.15) is 16.3 Å². The number of para-hydroxylation sites is 2. The van der Waals surface area contributed by atoms with E-state index in [0.717, 1.165) is 28.6 Å². The van der Waals surface area contributed by atoms with Crippen LogP contribution in [-0.4, -0.2) is 24.1 Å². The third kappa shape index (κ3) is 1.80. The van der Waals surface area contributed by atoms with Crippen LogP contribution in [0.3, 0.4) is 0 Å². The maximum atomic E-state index is 12.0. The number of aromatic nitrogens is 4. The largest absolute Gasteiger partial charge is 0.331 e. The number of aryl methyl sites for hydroxylation is 1. The number of rotatable bonds is 3. The minimum absolute atomic E-state index is 0.0536. The van der Waals surface area contributed by atoms with Gasteiger partial charge < -0.3 is 4.57 Å². The Hall–Kier alpha value is -2.08. The van der Waals surface area contributed by atoms with Gasteiger partial charge >= 0.3 is 0 Å². The second kappa shape index (κ2) is 4.30. The summed E-state index contributed by atoms with van der Waals surface area (Å²) in [7, 11) is 1.91. The lowest BCUT2D eigenvalue weighted by Gasteiger charge is -1.99. The molecule has 0 aliphatic rings. The highest BCUT2D eigenvalue weighted by atomic mass is 32.1. The summed E-state index contributed by atoms with van der Waals surface area (Å²) in [4.78, 5) is 16.4. The number of nitrogens with zero attached hydrogens (tertiary/aromatic N) is 4. The van der Waals surface area contributed by atoms with Crippen LogP contribution in [0.4, 0.5) is 0 Å².